The molecule has 0 aromatic carbocycles. The number of carbonyl (C=O) groups is 1. The molecule has 0 aromatic heterocycles. The maximum Gasteiger partial charge on any atom is 1.00 e. The largest absolute Gasteiger partial charge is 1.00 e. The molecule has 0 spiro atoms. The molecule has 0 unspecified atom stereocenters. The summed E-state index contributed by atoms with van der Waals surface area (Å²) in [5.74, 6) is -1.49. The number of rotatable bonds is 17. The minimum Gasteiger partial charge on any atom is -0.550 e. The molecule has 0 amide bonds. The second kappa shape index (κ2) is 25.1. The summed E-state index contributed by atoms with van der Waals surface area (Å²) in [5, 5.41) is 18.1. The first-order valence-corrected chi connectivity index (χ1v) is 11.8. The third kappa shape index (κ3) is 36.9. The number of hydrogen-bond acceptors (Lipinski definition) is 5. The van der Waals surface area contributed by atoms with Crippen LogP contribution < -0.4 is 34.7 Å². The van der Waals surface area contributed by atoms with Crippen molar-refractivity contribution in [3.63, 3.8) is 0 Å². The van der Waals surface area contributed by atoms with Gasteiger partial charge in [-0.05, 0) is 38.5 Å². The van der Waals surface area contributed by atoms with Crippen LogP contribution in [0.1, 0.15) is 96.8 Å². The van der Waals surface area contributed by atoms with E-state index < -0.39 is 28.4 Å². The third-order valence-corrected chi connectivity index (χ3v) is 4.69. The number of carbonyl (C=O) groups excluding carboxylic acids is 1. The van der Waals surface area contributed by atoms with Gasteiger partial charge in [-0.25, -0.2) is 0 Å². The smallest absolute Gasteiger partial charge is 0.550 e. The number of aliphatic carboxylic acids is 1. The van der Waals surface area contributed by atoms with Gasteiger partial charge in [0.1, 0.15) is 0 Å². The van der Waals surface area contributed by atoms with E-state index in [1.807, 2.05) is 0 Å². The van der Waals surface area contributed by atoms with Crippen molar-refractivity contribution in [3.8, 4) is 0 Å². The van der Waals surface area contributed by atoms with Crippen molar-refractivity contribution in [2.75, 3.05) is 12.4 Å². The minimum absolute atomic E-state index is 0. The molecule has 0 saturated heterocycles. The Labute approximate surface area is 194 Å². The van der Waals surface area contributed by atoms with Crippen molar-refractivity contribution in [2.45, 2.75) is 96.8 Å². The van der Waals surface area contributed by atoms with Gasteiger partial charge in [-0.3, -0.25) is 4.55 Å². The van der Waals surface area contributed by atoms with Crippen LogP contribution in [-0.2, 0) is 14.9 Å². The Morgan fingerprint density at radius 3 is 1.64 bits per heavy atom. The van der Waals surface area contributed by atoms with Gasteiger partial charge in [-0.1, -0.05) is 70.4 Å². The Balaban J connectivity index is -0.000000665. The molecule has 28 heavy (non-hydrogen) atoms. The maximum atomic E-state index is 10.2. The molecule has 8 heteroatoms. The monoisotopic (exact) mass is 430 g/mol. The summed E-state index contributed by atoms with van der Waals surface area (Å²) in [6.45, 7) is 1.73. The van der Waals surface area contributed by atoms with Gasteiger partial charge < -0.3 is 15.0 Å². The molecule has 0 atom stereocenters. The zero-order valence-electron chi connectivity index (χ0n) is 17.9. The molecule has 0 bridgehead atoms. The molecule has 162 valence electrons. The first kappa shape index (κ1) is 32.7. The fraction of sp³-hybridized carbons (Fsp3) is 0.850. The molecule has 6 nitrogen and oxygen atoms in total. The number of aliphatic hydroxyl groups is 1. The normalized spacial score (nSPS) is 11.0. The molecule has 0 heterocycles. The topological polar surface area (TPSA) is 115 Å². The molecule has 0 aromatic rings. The van der Waals surface area contributed by atoms with Gasteiger partial charge in [0, 0.05) is 5.97 Å². The fourth-order valence-electron chi connectivity index (χ4n) is 2.46. The van der Waals surface area contributed by atoms with Crippen LogP contribution in [0.5, 0.6) is 0 Å². The van der Waals surface area contributed by atoms with E-state index in [-0.39, 0.29) is 36.0 Å². The Morgan fingerprint density at radius 1 is 0.857 bits per heavy atom. The van der Waals surface area contributed by atoms with Crippen molar-refractivity contribution in [2.24, 2.45) is 0 Å². The molecule has 0 fully saturated rings. The van der Waals surface area contributed by atoms with Crippen LogP contribution in [0.15, 0.2) is 12.2 Å². The third-order valence-electron chi connectivity index (χ3n) is 3.99. The zero-order chi connectivity index (χ0) is 20.8. The van der Waals surface area contributed by atoms with Gasteiger partial charge in [0.2, 0.25) is 0 Å². The average Bonchev–Trinajstić information content (AvgIpc) is 2.57. The number of aliphatic hydroxyl groups excluding tert-OH is 1. The van der Waals surface area contributed by atoms with Gasteiger partial charge in [0.05, 0.1) is 12.4 Å². The predicted molar refractivity (Wildman–Crippen MR) is 108 cm³/mol. The van der Waals surface area contributed by atoms with Gasteiger partial charge in [-0.2, -0.15) is 8.42 Å². The molecule has 0 rings (SSSR count). The van der Waals surface area contributed by atoms with Gasteiger partial charge in [0.15, 0.2) is 0 Å². The summed E-state index contributed by atoms with van der Waals surface area (Å²) in [7, 11) is -3.92. The van der Waals surface area contributed by atoms with E-state index in [2.05, 4.69) is 19.1 Å². The number of hydrogen-bond donors (Lipinski definition) is 2. The van der Waals surface area contributed by atoms with Crippen LogP contribution in [0, 0.1) is 0 Å². The van der Waals surface area contributed by atoms with Crippen LogP contribution in [0.4, 0.5) is 0 Å². The second-order valence-electron chi connectivity index (χ2n) is 6.72. The van der Waals surface area contributed by atoms with Gasteiger partial charge in [0.25, 0.3) is 10.1 Å². The number of unbranched alkanes of at least 4 members (excludes halogenated alkanes) is 11. The summed E-state index contributed by atoms with van der Waals surface area (Å²) >= 11 is 0. The Morgan fingerprint density at radius 2 is 1.29 bits per heavy atom. The second-order valence-corrected chi connectivity index (χ2v) is 8.29. The van der Waals surface area contributed by atoms with E-state index >= 15 is 0 Å². The molecular formula is C20H39NaO6S. The summed E-state index contributed by atoms with van der Waals surface area (Å²) in [4.78, 5) is 10.2. The maximum absolute atomic E-state index is 10.2. The van der Waals surface area contributed by atoms with Crippen LogP contribution in [0.25, 0.3) is 0 Å². The van der Waals surface area contributed by atoms with Crippen LogP contribution in [0.3, 0.4) is 0 Å². The summed E-state index contributed by atoms with van der Waals surface area (Å²) in [6.07, 6.45) is 20.9. The SMILES string of the molecule is CCCCCCCC/C=C\CCCCCCCC(=O)[O-].O=S(=O)(O)CCO.[Na+]. The van der Waals surface area contributed by atoms with Crippen molar-refractivity contribution >= 4 is 16.1 Å². The van der Waals surface area contributed by atoms with Crippen molar-refractivity contribution in [1.82, 2.24) is 0 Å². The Bertz CT molecular complexity index is 452. The quantitative estimate of drug-likeness (QED) is 0.151. The Hall–Kier alpha value is 0.0800. The first-order chi connectivity index (χ1) is 12.8. The first-order valence-electron chi connectivity index (χ1n) is 10.2. The molecule has 0 saturated carbocycles. The van der Waals surface area contributed by atoms with Gasteiger partial charge >= 0.3 is 29.6 Å². The molecule has 0 aliphatic heterocycles. The van der Waals surface area contributed by atoms with E-state index in [1.165, 1.54) is 64.2 Å². The van der Waals surface area contributed by atoms with E-state index in [0.717, 1.165) is 19.3 Å². The van der Waals surface area contributed by atoms with Crippen LogP contribution in [-0.4, -0.2) is 36.4 Å². The number of carboxylic acids is 1. The van der Waals surface area contributed by atoms with E-state index in [9.17, 15) is 18.3 Å². The minimum atomic E-state index is -3.92. The van der Waals surface area contributed by atoms with Crippen molar-refractivity contribution in [3.05, 3.63) is 12.2 Å². The van der Waals surface area contributed by atoms with E-state index in [1.54, 1.807) is 0 Å². The standard InChI is InChI=1S/C18H34O2.C2H6O4S.Na/c1-2-3-4-5-6-7-8-9-10-11-12-13-14-15-16-17-18(19)20;3-1-2-7(4,5)6;/h9-10H,2-8,11-17H2,1H3,(H,19,20);3H,1-2H2,(H,4,5,6);/q;;+1/p-1/b10-9-;;. The van der Waals surface area contributed by atoms with E-state index in [4.69, 9.17) is 9.66 Å². The molecule has 0 aliphatic rings. The summed E-state index contributed by atoms with van der Waals surface area (Å²) in [5.41, 5.74) is 0. The zero-order valence-corrected chi connectivity index (χ0v) is 20.7. The molecule has 0 aliphatic carbocycles. The molecule has 0 radical (unpaired) electrons. The molecule has 2 N–H and O–H groups in total. The predicted octanol–water partition coefficient (Wildman–Crippen LogP) is 0.644. The van der Waals surface area contributed by atoms with Crippen LogP contribution in [0.2, 0.25) is 0 Å². The van der Waals surface area contributed by atoms with Crippen molar-refractivity contribution in [1.29, 1.82) is 0 Å². The number of carboxylic acid groups (broad SMARTS) is 1. The molecular weight excluding hydrogens is 391 g/mol. The van der Waals surface area contributed by atoms with Crippen LogP contribution >= 0.6 is 0 Å². The summed E-state index contributed by atoms with van der Waals surface area (Å²) in [6, 6.07) is 0. The van der Waals surface area contributed by atoms with Crippen molar-refractivity contribution < 1.29 is 57.5 Å². The van der Waals surface area contributed by atoms with Gasteiger partial charge in [-0.15, -0.1) is 0 Å². The average molecular weight is 431 g/mol. The Kier molecular flexibility index (Phi) is 29.4. The number of allylic oxidation sites excluding steroid dienone is 2. The summed E-state index contributed by atoms with van der Waals surface area (Å²) < 4.78 is 27.1. The fourth-order valence-corrected chi connectivity index (χ4v) is 2.69. The van der Waals surface area contributed by atoms with E-state index in [0.29, 0.717) is 0 Å².